The number of hydrogen-bond donors (Lipinski definition) is 1. The van der Waals surface area contributed by atoms with Crippen molar-refractivity contribution >= 4 is 33.6 Å². The second kappa shape index (κ2) is 6.90. The van der Waals surface area contributed by atoms with Crippen LogP contribution in [-0.4, -0.2) is 17.1 Å². The van der Waals surface area contributed by atoms with Gasteiger partial charge in [-0.15, -0.1) is 11.8 Å². The monoisotopic (exact) mass is 350 g/mol. The van der Waals surface area contributed by atoms with Crippen LogP contribution < -0.4 is 5.32 Å². The summed E-state index contributed by atoms with van der Waals surface area (Å²) < 4.78 is 0.558. The molecule has 0 radical (unpaired) electrons. The van der Waals surface area contributed by atoms with E-state index in [0.29, 0.717) is 10.2 Å². The fourth-order valence-electron chi connectivity index (χ4n) is 1.81. The quantitative estimate of drug-likeness (QED) is 0.667. The van der Waals surface area contributed by atoms with E-state index < -0.39 is 0 Å². The number of rotatable bonds is 4. The van der Waals surface area contributed by atoms with E-state index in [0.717, 1.165) is 5.56 Å². The van der Waals surface area contributed by atoms with Gasteiger partial charge in [0.25, 0.3) is 5.91 Å². The number of carbonyl (C=O) groups excluding carboxylic acids is 1. The molecule has 3 nitrogen and oxygen atoms in total. The van der Waals surface area contributed by atoms with Crippen LogP contribution in [0.2, 0.25) is 0 Å². The number of thioether (sulfide) groups is 1. The summed E-state index contributed by atoms with van der Waals surface area (Å²) in [5.41, 5.74) is 1.62. The Hall–Kier alpha value is -1.33. The normalized spacial score (nSPS) is 11.9. The molecule has 0 fully saturated rings. The van der Waals surface area contributed by atoms with Crippen LogP contribution in [0.1, 0.15) is 28.9 Å². The molecule has 5 heteroatoms. The van der Waals surface area contributed by atoms with E-state index in [1.165, 1.54) is 4.90 Å². The summed E-state index contributed by atoms with van der Waals surface area (Å²) in [6.07, 6.45) is 3.69. The molecule has 104 valence electrons. The highest BCUT2D eigenvalue weighted by molar-refractivity contribution is 9.10. The molecule has 1 aromatic carbocycles. The fraction of sp³-hybridized carbons (Fsp3) is 0.200. The zero-order valence-corrected chi connectivity index (χ0v) is 13.7. The van der Waals surface area contributed by atoms with Crippen LogP contribution in [0.4, 0.5) is 0 Å². The van der Waals surface area contributed by atoms with E-state index in [2.05, 4.69) is 38.4 Å². The van der Waals surface area contributed by atoms with Gasteiger partial charge in [0.05, 0.1) is 11.6 Å². The predicted molar refractivity (Wildman–Crippen MR) is 86.0 cm³/mol. The molecule has 0 aliphatic rings. The van der Waals surface area contributed by atoms with E-state index in [-0.39, 0.29) is 11.9 Å². The van der Waals surface area contributed by atoms with Gasteiger partial charge in [-0.25, -0.2) is 4.98 Å². The molecule has 1 atom stereocenters. The van der Waals surface area contributed by atoms with E-state index in [1.807, 2.05) is 25.3 Å². The number of aromatic nitrogens is 1. The van der Waals surface area contributed by atoms with Gasteiger partial charge in [0.1, 0.15) is 4.60 Å². The molecule has 0 saturated carbocycles. The molecule has 1 heterocycles. The van der Waals surface area contributed by atoms with Gasteiger partial charge < -0.3 is 5.32 Å². The lowest BCUT2D eigenvalue weighted by Gasteiger charge is -2.15. The number of hydrogen-bond acceptors (Lipinski definition) is 3. The van der Waals surface area contributed by atoms with Crippen molar-refractivity contribution in [2.45, 2.75) is 17.9 Å². The highest BCUT2D eigenvalue weighted by atomic mass is 79.9. The molecule has 0 saturated heterocycles. The summed E-state index contributed by atoms with van der Waals surface area (Å²) in [7, 11) is 0. The average Bonchev–Trinajstić information content (AvgIpc) is 2.47. The van der Waals surface area contributed by atoms with Crippen molar-refractivity contribution in [3.8, 4) is 0 Å². The second-order valence-electron chi connectivity index (χ2n) is 4.31. The van der Waals surface area contributed by atoms with Crippen molar-refractivity contribution in [2.75, 3.05) is 6.26 Å². The molecular formula is C15H15BrN2OS. The number of benzene rings is 1. The van der Waals surface area contributed by atoms with E-state index >= 15 is 0 Å². The zero-order chi connectivity index (χ0) is 14.5. The molecule has 0 bridgehead atoms. The molecule has 0 spiro atoms. The summed E-state index contributed by atoms with van der Waals surface area (Å²) in [4.78, 5) is 17.5. The van der Waals surface area contributed by atoms with Crippen LogP contribution in [0.15, 0.2) is 52.1 Å². The minimum absolute atomic E-state index is 0.0505. The largest absolute Gasteiger partial charge is 0.345 e. The number of pyridine rings is 1. The molecular weight excluding hydrogens is 336 g/mol. The maximum absolute atomic E-state index is 12.2. The number of carbonyl (C=O) groups is 1. The van der Waals surface area contributed by atoms with Gasteiger partial charge >= 0.3 is 0 Å². The minimum atomic E-state index is -0.133. The number of amides is 1. The molecule has 2 rings (SSSR count). The highest BCUT2D eigenvalue weighted by Gasteiger charge is 2.14. The van der Waals surface area contributed by atoms with Crippen LogP contribution in [0.5, 0.6) is 0 Å². The van der Waals surface area contributed by atoms with Crippen molar-refractivity contribution in [3.63, 3.8) is 0 Å². The maximum atomic E-state index is 12.2. The third kappa shape index (κ3) is 3.61. The van der Waals surface area contributed by atoms with Gasteiger partial charge in [0, 0.05) is 11.1 Å². The Bertz CT molecular complexity index is 601. The lowest BCUT2D eigenvalue weighted by molar-refractivity contribution is 0.0938. The number of nitrogens with one attached hydrogen (secondary N) is 1. The first kappa shape index (κ1) is 15.1. The summed E-state index contributed by atoms with van der Waals surface area (Å²) in [5.74, 6) is -0.133. The molecule has 2 aromatic rings. The van der Waals surface area contributed by atoms with Crippen LogP contribution >= 0.6 is 27.7 Å². The Morgan fingerprint density at radius 1 is 1.30 bits per heavy atom. The lowest BCUT2D eigenvalue weighted by atomic mass is 10.1. The Morgan fingerprint density at radius 2 is 2.00 bits per heavy atom. The third-order valence-electron chi connectivity index (χ3n) is 2.97. The average molecular weight is 351 g/mol. The van der Waals surface area contributed by atoms with Crippen molar-refractivity contribution < 1.29 is 4.79 Å². The smallest absolute Gasteiger partial charge is 0.254 e. The first-order valence-electron chi connectivity index (χ1n) is 6.17. The van der Waals surface area contributed by atoms with Crippen molar-refractivity contribution in [1.29, 1.82) is 0 Å². The van der Waals surface area contributed by atoms with Gasteiger partial charge in [-0.3, -0.25) is 4.79 Å². The summed E-state index contributed by atoms with van der Waals surface area (Å²) >= 11 is 4.99. The van der Waals surface area contributed by atoms with Gasteiger partial charge in [-0.2, -0.15) is 0 Å². The van der Waals surface area contributed by atoms with Crippen molar-refractivity contribution in [2.24, 2.45) is 0 Å². The van der Waals surface area contributed by atoms with Gasteiger partial charge in [0.15, 0.2) is 0 Å². The summed E-state index contributed by atoms with van der Waals surface area (Å²) in [6.45, 7) is 1.97. The van der Waals surface area contributed by atoms with E-state index in [1.54, 1.807) is 30.1 Å². The SMILES string of the molecule is CSc1ccc(C(C)NC(=O)c2cccnc2Br)cc1. The minimum Gasteiger partial charge on any atom is -0.345 e. The predicted octanol–water partition coefficient (Wildman–Crippen LogP) is 4.06. The topological polar surface area (TPSA) is 42.0 Å². The van der Waals surface area contributed by atoms with Gasteiger partial charge in [-0.1, -0.05) is 12.1 Å². The molecule has 1 unspecified atom stereocenters. The second-order valence-corrected chi connectivity index (χ2v) is 5.94. The maximum Gasteiger partial charge on any atom is 0.254 e. The summed E-state index contributed by atoms with van der Waals surface area (Å²) in [5, 5.41) is 2.98. The van der Waals surface area contributed by atoms with Crippen molar-refractivity contribution in [3.05, 3.63) is 58.3 Å². The van der Waals surface area contributed by atoms with Crippen LogP contribution in [0.25, 0.3) is 0 Å². The highest BCUT2D eigenvalue weighted by Crippen LogP contribution is 2.20. The van der Waals surface area contributed by atoms with Crippen LogP contribution in [0.3, 0.4) is 0 Å². The molecule has 1 amide bonds. The molecule has 20 heavy (non-hydrogen) atoms. The molecule has 1 aromatic heterocycles. The fourth-order valence-corrected chi connectivity index (χ4v) is 2.64. The Morgan fingerprint density at radius 3 is 2.60 bits per heavy atom. The van der Waals surface area contributed by atoms with E-state index in [9.17, 15) is 4.79 Å². The van der Waals surface area contributed by atoms with Crippen molar-refractivity contribution in [1.82, 2.24) is 10.3 Å². The van der Waals surface area contributed by atoms with Crippen LogP contribution in [0, 0.1) is 0 Å². The van der Waals surface area contributed by atoms with Crippen LogP contribution in [-0.2, 0) is 0 Å². The first-order valence-corrected chi connectivity index (χ1v) is 8.19. The first-order chi connectivity index (χ1) is 9.61. The lowest BCUT2D eigenvalue weighted by Crippen LogP contribution is -2.27. The standard InChI is InChI=1S/C15H15BrN2OS/c1-10(11-5-7-12(20-2)8-6-11)18-15(19)13-4-3-9-17-14(13)16/h3-10H,1-2H3,(H,18,19). The third-order valence-corrected chi connectivity index (χ3v) is 4.34. The Kier molecular flexibility index (Phi) is 5.20. The molecule has 1 N–H and O–H groups in total. The number of halogens is 1. The number of nitrogens with zero attached hydrogens (tertiary/aromatic N) is 1. The summed E-state index contributed by atoms with van der Waals surface area (Å²) in [6, 6.07) is 11.6. The van der Waals surface area contributed by atoms with E-state index in [4.69, 9.17) is 0 Å². The molecule has 0 aliphatic carbocycles. The zero-order valence-electron chi connectivity index (χ0n) is 11.3. The molecule has 0 aliphatic heterocycles. The Balaban J connectivity index is 2.09. The Labute approximate surface area is 131 Å². The van der Waals surface area contributed by atoms with Gasteiger partial charge in [0.2, 0.25) is 0 Å². The van der Waals surface area contributed by atoms with Gasteiger partial charge in [-0.05, 0) is 58.9 Å².